The Morgan fingerprint density at radius 2 is 1.29 bits per heavy atom. The number of anilines is 1. The van der Waals surface area contributed by atoms with Gasteiger partial charge in [-0.25, -0.2) is 0 Å². The Morgan fingerprint density at radius 1 is 0.735 bits per heavy atom. The summed E-state index contributed by atoms with van der Waals surface area (Å²) < 4.78 is 0. The Bertz CT molecular complexity index is 978. The second-order valence-electron chi connectivity index (χ2n) is 7.45. The van der Waals surface area contributed by atoms with Gasteiger partial charge in [-0.15, -0.1) is 0 Å². The summed E-state index contributed by atoms with van der Waals surface area (Å²) in [5.41, 5.74) is 25.0. The third-order valence-electron chi connectivity index (χ3n) is 4.59. The largest absolute Gasteiger partial charge is 0.369 e. The maximum atomic E-state index is 5.94. The lowest BCUT2D eigenvalue weighted by Crippen LogP contribution is -2.33. The van der Waals surface area contributed by atoms with Crippen LogP contribution in [0.25, 0.3) is 0 Å². The Morgan fingerprint density at radius 3 is 1.82 bits per heavy atom. The summed E-state index contributed by atoms with van der Waals surface area (Å²) in [4.78, 5) is 16.5. The smallest absolute Gasteiger partial charge is 0.218 e. The van der Waals surface area contributed by atoms with Gasteiger partial charge in [0.2, 0.25) is 23.8 Å². The molecule has 34 heavy (non-hydrogen) atoms. The highest BCUT2D eigenvalue weighted by molar-refractivity contribution is 6.30. The number of allylic oxidation sites excluding steroid dienone is 4. The molecule has 0 spiro atoms. The molecule has 2 rings (SSSR count). The van der Waals surface area contributed by atoms with Crippen LogP contribution in [0, 0.1) is 0 Å². The monoisotopic (exact) mass is 506 g/mol. The predicted octanol–water partition coefficient (Wildman–Crippen LogP) is 2.96. The summed E-state index contributed by atoms with van der Waals surface area (Å²) in [6, 6.07) is 7.08. The number of unbranched alkanes of at least 4 members (excludes halogenated alkanes) is 3. The molecule has 1 aliphatic rings. The number of nitrogens with one attached hydrogen (secondary N) is 2. The molecule has 0 saturated carbocycles. The van der Waals surface area contributed by atoms with Crippen molar-refractivity contribution in [2.45, 2.75) is 38.5 Å². The van der Waals surface area contributed by atoms with E-state index in [0.29, 0.717) is 18.1 Å². The highest BCUT2D eigenvalue weighted by Gasteiger charge is 2.05. The van der Waals surface area contributed by atoms with Crippen LogP contribution in [-0.2, 0) is 0 Å². The van der Waals surface area contributed by atoms with E-state index in [9.17, 15) is 0 Å². The summed E-state index contributed by atoms with van der Waals surface area (Å²) in [5, 5.41) is 7.39. The SMILES string of the molecule is NC(=NCCCCCCN=C(N)/N=C(\N)Nc1ccc(Cl)cc1)/N=C(\N)NC1=CC=C(Cl)CC1. The van der Waals surface area contributed by atoms with Crippen molar-refractivity contribution < 1.29 is 0 Å². The Kier molecular flexibility index (Phi) is 11.8. The lowest BCUT2D eigenvalue weighted by atomic mass is 10.1. The molecular formula is C22H32Cl2N10. The van der Waals surface area contributed by atoms with Crippen molar-refractivity contribution in [2.24, 2.45) is 42.9 Å². The first kappa shape index (κ1) is 27.0. The van der Waals surface area contributed by atoms with E-state index >= 15 is 0 Å². The third kappa shape index (κ3) is 11.6. The molecule has 1 aliphatic carbocycles. The van der Waals surface area contributed by atoms with Crippen LogP contribution in [0.3, 0.4) is 0 Å². The lowest BCUT2D eigenvalue weighted by molar-refractivity contribution is 0.653. The fraction of sp³-hybridized carbons (Fsp3) is 0.364. The zero-order valence-electron chi connectivity index (χ0n) is 19.0. The van der Waals surface area contributed by atoms with Crippen LogP contribution < -0.4 is 33.6 Å². The van der Waals surface area contributed by atoms with Crippen LogP contribution in [0.4, 0.5) is 5.69 Å². The molecule has 1 aromatic rings. The molecule has 0 radical (unpaired) electrons. The highest BCUT2D eigenvalue weighted by atomic mass is 35.5. The Hall–Kier alpha value is -3.24. The molecule has 0 fully saturated rings. The second kappa shape index (κ2) is 14.8. The van der Waals surface area contributed by atoms with Crippen molar-refractivity contribution >= 4 is 52.7 Å². The molecule has 0 saturated heterocycles. The van der Waals surface area contributed by atoms with E-state index in [1.54, 1.807) is 24.3 Å². The van der Waals surface area contributed by atoms with E-state index < -0.39 is 0 Å². The van der Waals surface area contributed by atoms with Gasteiger partial charge in [-0.1, -0.05) is 36.0 Å². The Labute approximate surface area is 210 Å². The van der Waals surface area contributed by atoms with Gasteiger partial charge in [-0.3, -0.25) is 9.98 Å². The van der Waals surface area contributed by atoms with Gasteiger partial charge in [0, 0.05) is 34.5 Å². The van der Waals surface area contributed by atoms with Gasteiger partial charge in [0.15, 0.2) is 0 Å². The molecular weight excluding hydrogens is 475 g/mol. The summed E-state index contributed by atoms with van der Waals surface area (Å²) in [5.74, 6) is 0.647. The van der Waals surface area contributed by atoms with E-state index in [0.717, 1.165) is 54.9 Å². The van der Waals surface area contributed by atoms with Gasteiger partial charge in [0.05, 0.1) is 0 Å². The fourth-order valence-corrected chi connectivity index (χ4v) is 3.18. The number of nitrogens with zero attached hydrogens (tertiary/aromatic N) is 4. The highest BCUT2D eigenvalue weighted by Crippen LogP contribution is 2.19. The van der Waals surface area contributed by atoms with Crippen LogP contribution in [0.2, 0.25) is 5.02 Å². The minimum Gasteiger partial charge on any atom is -0.369 e. The van der Waals surface area contributed by atoms with Crippen molar-refractivity contribution in [1.82, 2.24) is 5.32 Å². The topological polar surface area (TPSA) is 178 Å². The number of guanidine groups is 4. The van der Waals surface area contributed by atoms with Crippen molar-refractivity contribution in [1.29, 1.82) is 0 Å². The summed E-state index contributed by atoms with van der Waals surface area (Å²) >= 11 is 11.8. The van der Waals surface area contributed by atoms with E-state index in [2.05, 4.69) is 30.6 Å². The van der Waals surface area contributed by atoms with E-state index in [1.165, 1.54) is 0 Å². The molecule has 12 heteroatoms. The molecule has 0 aliphatic heterocycles. The summed E-state index contributed by atoms with van der Waals surface area (Å²) in [7, 11) is 0. The molecule has 1 aromatic carbocycles. The molecule has 0 aromatic heterocycles. The molecule has 0 unspecified atom stereocenters. The normalized spacial score (nSPS) is 15.6. The van der Waals surface area contributed by atoms with Crippen LogP contribution in [0.5, 0.6) is 0 Å². The number of aliphatic imine (C=N–C) groups is 4. The minimum absolute atomic E-state index is 0.128. The van der Waals surface area contributed by atoms with E-state index in [-0.39, 0.29) is 23.8 Å². The molecule has 0 heterocycles. The van der Waals surface area contributed by atoms with Crippen molar-refractivity contribution in [3.05, 3.63) is 52.2 Å². The maximum Gasteiger partial charge on any atom is 0.218 e. The van der Waals surface area contributed by atoms with Gasteiger partial charge in [0.1, 0.15) is 0 Å². The van der Waals surface area contributed by atoms with Gasteiger partial charge in [-0.2, -0.15) is 9.98 Å². The average Bonchev–Trinajstić information content (AvgIpc) is 2.78. The minimum atomic E-state index is 0.128. The van der Waals surface area contributed by atoms with Gasteiger partial charge >= 0.3 is 0 Å². The number of hydrogen-bond donors (Lipinski definition) is 6. The molecule has 0 amide bonds. The number of halogens is 2. The first-order valence-corrected chi connectivity index (χ1v) is 11.7. The number of benzene rings is 1. The quantitative estimate of drug-likeness (QED) is 0.170. The van der Waals surface area contributed by atoms with E-state index in [4.69, 9.17) is 46.1 Å². The van der Waals surface area contributed by atoms with Gasteiger partial charge < -0.3 is 33.6 Å². The van der Waals surface area contributed by atoms with Crippen LogP contribution >= 0.6 is 23.2 Å². The molecule has 10 nitrogen and oxygen atoms in total. The number of hydrogen-bond acceptors (Lipinski definition) is 2. The fourth-order valence-electron chi connectivity index (χ4n) is 2.90. The Balaban J connectivity index is 1.60. The van der Waals surface area contributed by atoms with E-state index in [1.807, 2.05) is 12.2 Å². The number of nitrogens with two attached hydrogens (primary N) is 4. The predicted molar refractivity (Wildman–Crippen MR) is 144 cm³/mol. The summed E-state index contributed by atoms with van der Waals surface area (Å²) in [6.07, 6.45) is 8.98. The zero-order valence-corrected chi connectivity index (χ0v) is 20.5. The van der Waals surface area contributed by atoms with Gasteiger partial charge in [0.25, 0.3) is 0 Å². The first-order valence-electron chi connectivity index (χ1n) is 10.9. The second-order valence-corrected chi connectivity index (χ2v) is 8.37. The summed E-state index contributed by atoms with van der Waals surface area (Å²) in [6.45, 7) is 1.14. The molecule has 0 atom stereocenters. The van der Waals surface area contributed by atoms with Crippen molar-refractivity contribution in [2.75, 3.05) is 18.4 Å². The number of rotatable bonds is 9. The average molecular weight is 507 g/mol. The van der Waals surface area contributed by atoms with Crippen LogP contribution in [0.15, 0.2) is 67.1 Å². The third-order valence-corrected chi connectivity index (χ3v) is 5.15. The van der Waals surface area contributed by atoms with Crippen LogP contribution in [0.1, 0.15) is 38.5 Å². The van der Waals surface area contributed by atoms with Crippen molar-refractivity contribution in [3.63, 3.8) is 0 Å². The molecule has 10 N–H and O–H groups in total. The van der Waals surface area contributed by atoms with Gasteiger partial charge in [-0.05, 0) is 62.1 Å². The maximum absolute atomic E-state index is 5.94. The first-order chi connectivity index (χ1) is 16.3. The lowest BCUT2D eigenvalue weighted by Gasteiger charge is -2.12. The molecule has 184 valence electrons. The zero-order chi connectivity index (χ0) is 24.8. The van der Waals surface area contributed by atoms with Crippen LogP contribution in [-0.4, -0.2) is 36.9 Å². The molecule has 0 bridgehead atoms. The standard InChI is InChI=1S/C22H32Cl2N10/c23-15-5-9-17(10-6-15)31-21(27)33-19(25)29-13-3-1-2-4-14-30-20(26)34-22(28)32-18-11-7-16(24)8-12-18/h5-7,9-11H,1-4,8,12-14H2,(H5,25,27,29,31,33)(H5,26,28,30,32,34). The van der Waals surface area contributed by atoms with Crippen molar-refractivity contribution in [3.8, 4) is 0 Å².